The van der Waals surface area contributed by atoms with Gasteiger partial charge in [0.05, 0.1) is 6.04 Å². The highest BCUT2D eigenvalue weighted by Crippen LogP contribution is 2.25. The molecule has 18 heavy (non-hydrogen) atoms. The first-order chi connectivity index (χ1) is 8.59. The Bertz CT molecular complexity index is 449. The third-order valence-electron chi connectivity index (χ3n) is 3.08. The lowest BCUT2D eigenvalue weighted by molar-refractivity contribution is 0.0635. The molecule has 96 valence electrons. The van der Waals surface area contributed by atoms with E-state index in [1.165, 1.54) is 9.80 Å². The summed E-state index contributed by atoms with van der Waals surface area (Å²) in [6.07, 6.45) is -2.03. The van der Waals surface area contributed by atoms with Crippen LogP contribution in [-0.4, -0.2) is 51.8 Å². The average molecular weight is 250 g/mol. The number of amides is 2. The maximum absolute atomic E-state index is 11.2. The second kappa shape index (κ2) is 4.95. The summed E-state index contributed by atoms with van der Waals surface area (Å²) in [6, 6.07) is 8.66. The molecule has 1 atom stereocenters. The second-order valence-corrected chi connectivity index (χ2v) is 4.13. The normalized spacial score (nSPS) is 19.7. The molecule has 0 radical (unpaired) electrons. The van der Waals surface area contributed by atoms with Crippen LogP contribution in [0.5, 0.6) is 0 Å². The van der Waals surface area contributed by atoms with Crippen molar-refractivity contribution in [2.24, 2.45) is 0 Å². The molecule has 0 spiro atoms. The number of hydrogen-bond acceptors (Lipinski definition) is 2. The van der Waals surface area contributed by atoms with E-state index in [0.29, 0.717) is 0 Å². The molecule has 0 aromatic heterocycles. The molecule has 2 rings (SSSR count). The maximum Gasteiger partial charge on any atom is 0.407 e. The Kier molecular flexibility index (Phi) is 3.36. The van der Waals surface area contributed by atoms with Crippen LogP contribution in [-0.2, 0) is 0 Å². The molecule has 2 amide bonds. The van der Waals surface area contributed by atoms with E-state index >= 15 is 0 Å². The van der Waals surface area contributed by atoms with Gasteiger partial charge in [-0.1, -0.05) is 30.3 Å². The standard InChI is InChI=1S/C12H14N2O4/c15-11(16)13-6-7-14(12(17)18)10(8-13)9-4-2-1-3-5-9/h1-5,10H,6-8H2,(H,15,16)(H,17,18). The smallest absolute Gasteiger partial charge is 0.407 e. The van der Waals surface area contributed by atoms with Crippen molar-refractivity contribution in [1.82, 2.24) is 9.80 Å². The molecule has 0 aliphatic carbocycles. The number of carboxylic acid groups (broad SMARTS) is 2. The monoisotopic (exact) mass is 250 g/mol. The molecule has 1 aliphatic rings. The van der Waals surface area contributed by atoms with Gasteiger partial charge in [-0.05, 0) is 5.56 Å². The van der Waals surface area contributed by atoms with Crippen LogP contribution in [0.2, 0.25) is 0 Å². The van der Waals surface area contributed by atoms with E-state index in [-0.39, 0.29) is 19.6 Å². The topological polar surface area (TPSA) is 81.1 Å². The SMILES string of the molecule is O=C(O)N1CCN(C(=O)O)C(c2ccccc2)C1. The molecule has 0 bridgehead atoms. The molecule has 1 saturated heterocycles. The summed E-state index contributed by atoms with van der Waals surface area (Å²) in [6.45, 7) is 0.581. The van der Waals surface area contributed by atoms with Crippen molar-refractivity contribution < 1.29 is 19.8 Å². The fourth-order valence-corrected chi connectivity index (χ4v) is 2.15. The largest absolute Gasteiger partial charge is 0.465 e. The lowest BCUT2D eigenvalue weighted by atomic mass is 10.0. The van der Waals surface area contributed by atoms with Gasteiger partial charge < -0.3 is 15.1 Å². The molecule has 1 aromatic rings. The van der Waals surface area contributed by atoms with Gasteiger partial charge in [-0.3, -0.25) is 4.90 Å². The third-order valence-corrected chi connectivity index (χ3v) is 3.08. The van der Waals surface area contributed by atoms with Crippen LogP contribution >= 0.6 is 0 Å². The zero-order valence-electron chi connectivity index (χ0n) is 9.69. The fourth-order valence-electron chi connectivity index (χ4n) is 2.15. The Morgan fingerprint density at radius 1 is 1.06 bits per heavy atom. The second-order valence-electron chi connectivity index (χ2n) is 4.13. The van der Waals surface area contributed by atoms with Crippen LogP contribution in [0.15, 0.2) is 30.3 Å². The van der Waals surface area contributed by atoms with Crippen molar-refractivity contribution in [2.45, 2.75) is 6.04 Å². The number of carbonyl (C=O) groups is 2. The number of benzene rings is 1. The molecular weight excluding hydrogens is 236 g/mol. The maximum atomic E-state index is 11.2. The minimum Gasteiger partial charge on any atom is -0.465 e. The zero-order chi connectivity index (χ0) is 13.1. The van der Waals surface area contributed by atoms with Crippen molar-refractivity contribution >= 4 is 12.2 Å². The molecule has 6 nitrogen and oxygen atoms in total. The van der Waals surface area contributed by atoms with Gasteiger partial charge in [0.2, 0.25) is 0 Å². The van der Waals surface area contributed by atoms with Crippen molar-refractivity contribution in [1.29, 1.82) is 0 Å². The molecule has 1 aromatic carbocycles. The summed E-state index contributed by atoms with van der Waals surface area (Å²) < 4.78 is 0. The predicted octanol–water partition coefficient (Wildman–Crippen LogP) is 1.70. The summed E-state index contributed by atoms with van der Waals surface area (Å²) in [4.78, 5) is 24.7. The number of piperazine rings is 1. The van der Waals surface area contributed by atoms with E-state index in [1.54, 1.807) is 0 Å². The van der Waals surface area contributed by atoms with E-state index in [1.807, 2.05) is 30.3 Å². The minimum atomic E-state index is -1.02. The summed E-state index contributed by atoms with van der Waals surface area (Å²) >= 11 is 0. The van der Waals surface area contributed by atoms with Gasteiger partial charge in [0, 0.05) is 19.6 Å². The van der Waals surface area contributed by atoms with Gasteiger partial charge in [0.1, 0.15) is 0 Å². The molecule has 1 fully saturated rings. The van der Waals surface area contributed by atoms with Crippen LogP contribution in [0.25, 0.3) is 0 Å². The highest BCUT2D eigenvalue weighted by Gasteiger charge is 2.33. The van der Waals surface area contributed by atoms with E-state index in [9.17, 15) is 9.59 Å². The van der Waals surface area contributed by atoms with Crippen molar-refractivity contribution in [3.63, 3.8) is 0 Å². The molecular formula is C12H14N2O4. The molecule has 1 aliphatic heterocycles. The summed E-state index contributed by atoms with van der Waals surface area (Å²) in [5.41, 5.74) is 0.811. The van der Waals surface area contributed by atoms with Gasteiger partial charge in [-0.2, -0.15) is 0 Å². The van der Waals surface area contributed by atoms with Crippen LogP contribution in [0, 0.1) is 0 Å². The summed E-state index contributed by atoms with van der Waals surface area (Å²) in [5.74, 6) is 0. The minimum absolute atomic E-state index is 0.172. The van der Waals surface area contributed by atoms with Gasteiger partial charge >= 0.3 is 12.2 Å². The molecule has 2 N–H and O–H groups in total. The lowest BCUT2D eigenvalue weighted by Gasteiger charge is -2.38. The van der Waals surface area contributed by atoms with Crippen LogP contribution in [0.3, 0.4) is 0 Å². The van der Waals surface area contributed by atoms with Crippen molar-refractivity contribution in [2.75, 3.05) is 19.6 Å². The first kappa shape index (κ1) is 12.2. The fraction of sp³-hybridized carbons (Fsp3) is 0.333. The van der Waals surface area contributed by atoms with E-state index < -0.39 is 18.2 Å². The van der Waals surface area contributed by atoms with Crippen molar-refractivity contribution in [3.05, 3.63) is 35.9 Å². The highest BCUT2D eigenvalue weighted by molar-refractivity contribution is 5.68. The summed E-state index contributed by atoms with van der Waals surface area (Å²) in [7, 11) is 0. The van der Waals surface area contributed by atoms with E-state index in [2.05, 4.69) is 0 Å². The zero-order valence-corrected chi connectivity index (χ0v) is 9.69. The van der Waals surface area contributed by atoms with Crippen LogP contribution < -0.4 is 0 Å². The Labute approximate surface area is 104 Å². The Hall–Kier alpha value is -2.24. The van der Waals surface area contributed by atoms with Crippen molar-refractivity contribution in [3.8, 4) is 0 Å². The molecule has 6 heteroatoms. The molecule has 0 saturated carbocycles. The van der Waals surface area contributed by atoms with Crippen LogP contribution in [0.4, 0.5) is 9.59 Å². The number of nitrogens with zero attached hydrogens (tertiary/aromatic N) is 2. The Morgan fingerprint density at radius 2 is 1.72 bits per heavy atom. The van der Waals surface area contributed by atoms with E-state index in [0.717, 1.165) is 5.56 Å². The molecule has 1 unspecified atom stereocenters. The predicted molar refractivity (Wildman–Crippen MR) is 63.5 cm³/mol. The first-order valence-corrected chi connectivity index (χ1v) is 5.62. The quantitative estimate of drug-likeness (QED) is 0.794. The Balaban J connectivity index is 2.25. The van der Waals surface area contributed by atoms with Crippen LogP contribution in [0.1, 0.15) is 11.6 Å². The molecule has 1 heterocycles. The third kappa shape index (κ3) is 2.37. The van der Waals surface area contributed by atoms with Gasteiger partial charge in [-0.25, -0.2) is 9.59 Å². The lowest BCUT2D eigenvalue weighted by Crippen LogP contribution is -2.51. The van der Waals surface area contributed by atoms with Gasteiger partial charge in [-0.15, -0.1) is 0 Å². The Morgan fingerprint density at radius 3 is 2.28 bits per heavy atom. The first-order valence-electron chi connectivity index (χ1n) is 5.62. The number of rotatable bonds is 1. The van der Waals surface area contributed by atoms with E-state index in [4.69, 9.17) is 10.2 Å². The average Bonchev–Trinajstić information content (AvgIpc) is 2.39. The number of hydrogen-bond donors (Lipinski definition) is 2. The van der Waals surface area contributed by atoms with Gasteiger partial charge in [0.15, 0.2) is 0 Å². The highest BCUT2D eigenvalue weighted by atomic mass is 16.4. The summed E-state index contributed by atoms with van der Waals surface area (Å²) in [5, 5.41) is 18.1. The van der Waals surface area contributed by atoms with Gasteiger partial charge in [0.25, 0.3) is 0 Å².